The zero-order valence-electron chi connectivity index (χ0n) is 14.5. The highest BCUT2D eigenvalue weighted by atomic mass is 16.5. The Morgan fingerprint density at radius 2 is 1.87 bits per heavy atom. The number of rotatable bonds is 11. The quantitative estimate of drug-likeness (QED) is 0.446. The highest BCUT2D eigenvalue weighted by molar-refractivity contribution is 5.54. The summed E-state index contributed by atoms with van der Waals surface area (Å²) in [5, 5.41) is 0. The van der Waals surface area contributed by atoms with E-state index in [4.69, 9.17) is 4.74 Å². The highest BCUT2D eigenvalue weighted by Crippen LogP contribution is 2.19. The first-order chi connectivity index (χ1) is 11.3. The van der Waals surface area contributed by atoms with E-state index in [-0.39, 0.29) is 5.92 Å². The van der Waals surface area contributed by atoms with Gasteiger partial charge in [0.05, 0.1) is 6.61 Å². The fraction of sp³-hybridized carbons (Fsp3) is 0.650. The Morgan fingerprint density at radius 3 is 2.57 bits per heavy atom. The maximum Gasteiger partial charge on any atom is 0.124 e. The van der Waals surface area contributed by atoms with Crippen LogP contribution in [0.25, 0.3) is 0 Å². The first kappa shape index (κ1) is 18.0. The van der Waals surface area contributed by atoms with Crippen molar-refractivity contribution in [1.82, 2.24) is 4.90 Å². The van der Waals surface area contributed by atoms with Gasteiger partial charge in [-0.2, -0.15) is 0 Å². The molecule has 1 fully saturated rings. The van der Waals surface area contributed by atoms with Gasteiger partial charge in [0.2, 0.25) is 0 Å². The Hall–Kier alpha value is -1.35. The molecule has 0 spiro atoms. The Labute approximate surface area is 141 Å². The molecule has 1 aromatic rings. The second-order valence-electron chi connectivity index (χ2n) is 6.68. The lowest BCUT2D eigenvalue weighted by molar-refractivity contribution is -0.110. The number of carbonyl (C=O) groups is 1. The molecule has 0 aromatic heterocycles. The largest absolute Gasteiger partial charge is 0.494 e. The Kier molecular flexibility index (Phi) is 8.16. The molecule has 0 aliphatic carbocycles. The van der Waals surface area contributed by atoms with E-state index in [0.29, 0.717) is 0 Å². The number of unbranched alkanes of at least 4 members (excludes halogenated alkanes) is 5. The molecular formula is C20H31NO2. The molecule has 1 heterocycles. The average molecular weight is 317 g/mol. The Bertz CT molecular complexity index is 443. The van der Waals surface area contributed by atoms with Gasteiger partial charge in [0, 0.05) is 19.0 Å². The third-order valence-electron chi connectivity index (χ3n) is 4.60. The van der Waals surface area contributed by atoms with E-state index in [1.165, 1.54) is 37.7 Å². The summed E-state index contributed by atoms with van der Waals surface area (Å²) in [5.41, 5.74) is 1.29. The summed E-state index contributed by atoms with van der Waals surface area (Å²) in [6.45, 7) is 5.93. The van der Waals surface area contributed by atoms with Gasteiger partial charge in [0.15, 0.2) is 0 Å². The van der Waals surface area contributed by atoms with Crippen LogP contribution in [0.15, 0.2) is 24.3 Å². The maximum absolute atomic E-state index is 10.8. The van der Waals surface area contributed by atoms with Crippen LogP contribution in [0.4, 0.5) is 0 Å². The van der Waals surface area contributed by atoms with Crippen LogP contribution in [0.2, 0.25) is 0 Å². The molecule has 0 saturated carbocycles. The molecule has 2 rings (SSSR count). The maximum atomic E-state index is 10.8. The smallest absolute Gasteiger partial charge is 0.124 e. The zero-order valence-corrected chi connectivity index (χ0v) is 14.5. The molecule has 3 nitrogen and oxygen atoms in total. The number of likely N-dealkylation sites (tertiary alicyclic amines) is 1. The van der Waals surface area contributed by atoms with E-state index < -0.39 is 0 Å². The molecule has 1 unspecified atom stereocenters. The van der Waals surface area contributed by atoms with Crippen molar-refractivity contribution in [3.8, 4) is 5.75 Å². The lowest BCUT2D eigenvalue weighted by atomic mass is 10.1. The topological polar surface area (TPSA) is 29.5 Å². The number of benzene rings is 1. The van der Waals surface area contributed by atoms with Crippen molar-refractivity contribution in [2.75, 3.05) is 19.7 Å². The summed E-state index contributed by atoms with van der Waals surface area (Å²) < 4.78 is 5.81. The number of ether oxygens (including phenoxy) is 1. The number of hydrogen-bond acceptors (Lipinski definition) is 3. The predicted octanol–water partition coefficient (Wildman–Crippen LogP) is 4.45. The number of hydrogen-bond donors (Lipinski definition) is 0. The van der Waals surface area contributed by atoms with E-state index in [2.05, 4.69) is 36.1 Å². The molecule has 0 bridgehead atoms. The van der Waals surface area contributed by atoms with Gasteiger partial charge in [-0.15, -0.1) is 0 Å². The van der Waals surface area contributed by atoms with Crippen LogP contribution in [0, 0.1) is 5.92 Å². The fourth-order valence-electron chi connectivity index (χ4n) is 3.14. The van der Waals surface area contributed by atoms with Crippen molar-refractivity contribution in [2.45, 2.75) is 58.4 Å². The zero-order chi connectivity index (χ0) is 16.3. The molecule has 3 heteroatoms. The third kappa shape index (κ3) is 6.74. The normalized spacial score (nSPS) is 18.2. The first-order valence-electron chi connectivity index (χ1n) is 9.21. The minimum atomic E-state index is 0.231. The fourth-order valence-corrected chi connectivity index (χ4v) is 3.14. The monoisotopic (exact) mass is 317 g/mol. The molecule has 23 heavy (non-hydrogen) atoms. The van der Waals surface area contributed by atoms with Crippen LogP contribution in [-0.2, 0) is 11.3 Å². The predicted molar refractivity (Wildman–Crippen MR) is 94.8 cm³/mol. The number of aldehydes is 1. The summed E-state index contributed by atoms with van der Waals surface area (Å²) in [5.74, 6) is 1.20. The lowest BCUT2D eigenvalue weighted by Gasteiger charge is -2.15. The minimum absolute atomic E-state index is 0.231. The van der Waals surface area contributed by atoms with Gasteiger partial charge in [0.1, 0.15) is 12.0 Å². The summed E-state index contributed by atoms with van der Waals surface area (Å²) >= 11 is 0. The number of carbonyl (C=O) groups excluding carboxylic acids is 1. The second kappa shape index (κ2) is 10.4. The molecular weight excluding hydrogens is 286 g/mol. The Balaban J connectivity index is 1.61. The molecule has 0 radical (unpaired) electrons. The molecule has 1 aliphatic rings. The number of nitrogens with zero attached hydrogens (tertiary/aromatic N) is 1. The summed E-state index contributed by atoms with van der Waals surface area (Å²) in [4.78, 5) is 13.2. The van der Waals surface area contributed by atoms with Crippen molar-refractivity contribution in [3.05, 3.63) is 29.8 Å². The summed E-state index contributed by atoms with van der Waals surface area (Å²) in [7, 11) is 0. The van der Waals surface area contributed by atoms with Gasteiger partial charge < -0.3 is 9.53 Å². The van der Waals surface area contributed by atoms with Crippen LogP contribution in [-0.4, -0.2) is 30.9 Å². The van der Waals surface area contributed by atoms with Gasteiger partial charge in [-0.25, -0.2) is 0 Å². The summed E-state index contributed by atoms with van der Waals surface area (Å²) in [6.07, 6.45) is 9.85. The van der Waals surface area contributed by atoms with Crippen LogP contribution < -0.4 is 4.74 Å². The van der Waals surface area contributed by atoms with Crippen molar-refractivity contribution in [1.29, 1.82) is 0 Å². The molecule has 1 aliphatic heterocycles. The van der Waals surface area contributed by atoms with E-state index in [1.54, 1.807) is 0 Å². The molecule has 1 saturated heterocycles. The highest BCUT2D eigenvalue weighted by Gasteiger charge is 2.21. The van der Waals surface area contributed by atoms with Gasteiger partial charge >= 0.3 is 0 Å². The van der Waals surface area contributed by atoms with E-state index in [1.807, 2.05) is 0 Å². The van der Waals surface area contributed by atoms with E-state index in [9.17, 15) is 4.79 Å². The van der Waals surface area contributed by atoms with Crippen molar-refractivity contribution in [2.24, 2.45) is 5.92 Å². The minimum Gasteiger partial charge on any atom is -0.494 e. The van der Waals surface area contributed by atoms with Gasteiger partial charge in [0.25, 0.3) is 0 Å². The SMILES string of the molecule is CCCCCCCCOc1ccc(CN2CCC(C=O)C2)cc1. The molecule has 1 aromatic carbocycles. The third-order valence-corrected chi connectivity index (χ3v) is 4.60. The summed E-state index contributed by atoms with van der Waals surface area (Å²) in [6, 6.07) is 8.43. The van der Waals surface area contributed by atoms with Crippen LogP contribution >= 0.6 is 0 Å². The van der Waals surface area contributed by atoms with Crippen molar-refractivity contribution >= 4 is 6.29 Å². The van der Waals surface area contributed by atoms with E-state index >= 15 is 0 Å². The average Bonchev–Trinajstić information content (AvgIpc) is 3.03. The Morgan fingerprint density at radius 1 is 1.13 bits per heavy atom. The van der Waals surface area contributed by atoms with Crippen LogP contribution in [0.3, 0.4) is 0 Å². The van der Waals surface area contributed by atoms with Gasteiger partial charge in [-0.3, -0.25) is 4.90 Å². The molecule has 0 amide bonds. The van der Waals surface area contributed by atoms with E-state index in [0.717, 1.165) is 51.1 Å². The van der Waals surface area contributed by atoms with Crippen LogP contribution in [0.1, 0.15) is 57.4 Å². The van der Waals surface area contributed by atoms with Gasteiger partial charge in [-0.05, 0) is 37.1 Å². The molecule has 1 atom stereocenters. The van der Waals surface area contributed by atoms with Crippen molar-refractivity contribution in [3.63, 3.8) is 0 Å². The molecule has 128 valence electrons. The first-order valence-corrected chi connectivity index (χ1v) is 9.21. The lowest BCUT2D eigenvalue weighted by Crippen LogP contribution is -2.20. The molecule has 0 N–H and O–H groups in total. The van der Waals surface area contributed by atoms with Crippen LogP contribution in [0.5, 0.6) is 5.75 Å². The standard InChI is InChI=1S/C20H31NO2/c1-2-3-4-5-6-7-14-23-20-10-8-18(9-11-20)15-21-13-12-19(16-21)17-22/h8-11,17,19H,2-7,12-16H2,1H3. The van der Waals surface area contributed by atoms with Gasteiger partial charge in [-0.1, -0.05) is 51.2 Å². The van der Waals surface area contributed by atoms with Crippen molar-refractivity contribution < 1.29 is 9.53 Å². The second-order valence-corrected chi connectivity index (χ2v) is 6.68.